The number of nitrogens with zero attached hydrogens (tertiary/aromatic N) is 6. The molecule has 4 aromatic rings. The molecule has 2 atom stereocenters. The van der Waals surface area contributed by atoms with Gasteiger partial charge in [0.2, 0.25) is 0 Å². The third kappa shape index (κ3) is 5.28. The summed E-state index contributed by atoms with van der Waals surface area (Å²) in [6, 6.07) is 3.13. The second kappa shape index (κ2) is 10.3. The van der Waals surface area contributed by atoms with Crippen molar-refractivity contribution in [3.05, 3.63) is 53.2 Å². The summed E-state index contributed by atoms with van der Waals surface area (Å²) in [5.41, 5.74) is 8.17. The molecule has 5 rings (SSSR count). The average molecular weight is 555 g/mol. The highest BCUT2D eigenvalue weighted by Gasteiger charge is 2.38. The van der Waals surface area contributed by atoms with Crippen LogP contribution in [-0.2, 0) is 4.79 Å². The minimum Gasteiger partial charge on any atom is -0.475 e. The molecule has 1 aliphatic rings. The molecule has 0 saturated carbocycles. The first-order chi connectivity index (χ1) is 17.9. The zero-order chi connectivity index (χ0) is 27.8. The minimum atomic E-state index is -5.08. The number of β-amino-alcohol motifs (C(OH)–C–C–N with tert-alkyl or cyclic N) is 1. The normalized spacial score (nSPS) is 16.4. The van der Waals surface area contributed by atoms with Gasteiger partial charge in [-0.15, -0.1) is 5.10 Å². The number of pyridine rings is 1. The van der Waals surface area contributed by atoms with Crippen LogP contribution in [-0.4, -0.2) is 71.4 Å². The van der Waals surface area contributed by atoms with E-state index in [1.807, 2.05) is 17.4 Å². The molecule has 0 radical (unpaired) electrons. The zero-order valence-corrected chi connectivity index (χ0v) is 20.5. The van der Waals surface area contributed by atoms with Crippen LogP contribution in [0.5, 0.6) is 0 Å². The van der Waals surface area contributed by atoms with Crippen LogP contribution in [0.4, 0.5) is 24.8 Å². The van der Waals surface area contributed by atoms with Gasteiger partial charge in [-0.05, 0) is 25.5 Å². The summed E-state index contributed by atoms with van der Waals surface area (Å²) in [5, 5.41) is 24.9. The van der Waals surface area contributed by atoms with Gasteiger partial charge in [0.15, 0.2) is 11.5 Å². The molecule has 4 aromatic heterocycles. The number of carbonyl (C=O) groups is 2. The van der Waals surface area contributed by atoms with Gasteiger partial charge in [-0.2, -0.15) is 13.2 Å². The van der Waals surface area contributed by atoms with E-state index in [2.05, 4.69) is 25.3 Å². The van der Waals surface area contributed by atoms with Gasteiger partial charge in [0, 0.05) is 31.0 Å². The number of aliphatic carboxylic acids is 1. The van der Waals surface area contributed by atoms with Gasteiger partial charge in [-0.1, -0.05) is 11.6 Å². The van der Waals surface area contributed by atoms with E-state index in [-0.39, 0.29) is 17.3 Å². The van der Waals surface area contributed by atoms with Crippen LogP contribution in [0.2, 0.25) is 5.02 Å². The molecule has 0 aliphatic carbocycles. The lowest BCUT2D eigenvalue weighted by Gasteiger charge is -2.26. The lowest BCUT2D eigenvalue weighted by molar-refractivity contribution is -0.192. The third-order valence-corrected chi connectivity index (χ3v) is 6.12. The van der Waals surface area contributed by atoms with Crippen molar-refractivity contribution in [1.82, 2.24) is 29.3 Å². The number of fused-ring (bicyclic) bond motifs is 2. The molecule has 1 amide bonds. The molecule has 16 heteroatoms. The van der Waals surface area contributed by atoms with Crippen LogP contribution in [0.25, 0.3) is 11.2 Å². The second-order valence-corrected chi connectivity index (χ2v) is 8.86. The van der Waals surface area contributed by atoms with Gasteiger partial charge >= 0.3 is 12.1 Å². The van der Waals surface area contributed by atoms with E-state index in [0.29, 0.717) is 30.2 Å². The molecule has 1 aliphatic heterocycles. The second-order valence-electron chi connectivity index (χ2n) is 8.45. The van der Waals surface area contributed by atoms with Crippen LogP contribution >= 0.6 is 11.6 Å². The van der Waals surface area contributed by atoms with E-state index in [1.54, 1.807) is 31.0 Å². The van der Waals surface area contributed by atoms with Crippen LogP contribution in [0.1, 0.15) is 35.3 Å². The topological polar surface area (TPSA) is 163 Å². The maximum Gasteiger partial charge on any atom is 0.490 e. The summed E-state index contributed by atoms with van der Waals surface area (Å²) in [4.78, 5) is 32.6. The fourth-order valence-electron chi connectivity index (χ4n) is 4.11. The summed E-state index contributed by atoms with van der Waals surface area (Å²) in [7, 11) is 0. The average Bonchev–Trinajstić information content (AvgIpc) is 3.56. The lowest BCUT2D eigenvalue weighted by atomic mass is 10.1. The molecule has 0 aromatic carbocycles. The van der Waals surface area contributed by atoms with Gasteiger partial charge in [-0.25, -0.2) is 19.3 Å². The number of aliphatic hydroxyl groups excluding tert-OH is 1. The highest BCUT2D eigenvalue weighted by molar-refractivity contribution is 6.34. The Morgan fingerprint density at radius 2 is 2.05 bits per heavy atom. The van der Waals surface area contributed by atoms with E-state index in [9.17, 15) is 23.1 Å². The third-order valence-electron chi connectivity index (χ3n) is 5.82. The maximum absolute atomic E-state index is 13.1. The zero-order valence-electron chi connectivity index (χ0n) is 19.7. The van der Waals surface area contributed by atoms with E-state index < -0.39 is 24.3 Å². The summed E-state index contributed by atoms with van der Waals surface area (Å²) in [6.45, 7) is 3.06. The Labute approximate surface area is 217 Å². The number of carbonyl (C=O) groups excluding carboxylic acids is 1. The molecule has 0 spiro atoms. The van der Waals surface area contributed by atoms with Gasteiger partial charge in [0.1, 0.15) is 17.7 Å². The Morgan fingerprint density at radius 3 is 2.68 bits per heavy atom. The molecule has 1 fully saturated rings. The van der Waals surface area contributed by atoms with E-state index in [4.69, 9.17) is 27.2 Å². The number of nitrogens with two attached hydrogens (primary N) is 1. The number of carboxylic acids is 1. The number of imidazole rings is 1. The first-order valence-electron chi connectivity index (χ1n) is 11.2. The standard InChI is InChI=1S/C20H21ClN8O2.C2HF3O2/c1-11(25-19(31)16-17(22)26-29-5-2-4-24-18(16)29)13-7-14(21)15-8-23-10-28(15)20(13)27-6-3-12(30)9-27;3-2(4,5)1(6)7/h2,4-5,7-8,10-12,30H,3,6,9H2,1H3,(H2,22,26)(H,25,31);(H,6,7). The number of hydrogen-bond donors (Lipinski definition) is 4. The summed E-state index contributed by atoms with van der Waals surface area (Å²) < 4.78 is 35.1. The van der Waals surface area contributed by atoms with Gasteiger partial charge in [-0.3, -0.25) is 9.20 Å². The lowest BCUT2D eigenvalue weighted by Crippen LogP contribution is -2.31. The molecule has 2 unspecified atom stereocenters. The van der Waals surface area contributed by atoms with Crippen LogP contribution in [0.15, 0.2) is 37.1 Å². The predicted octanol–water partition coefficient (Wildman–Crippen LogP) is 2.31. The van der Waals surface area contributed by atoms with Crippen molar-refractivity contribution in [2.75, 3.05) is 23.7 Å². The SMILES string of the molecule is CC(NC(=O)c1c(N)nn2cccnc12)c1cc(Cl)c2cncn2c1N1CCC(O)C1.O=C(O)C(F)(F)F. The molecule has 38 heavy (non-hydrogen) atoms. The monoisotopic (exact) mass is 554 g/mol. The van der Waals surface area contributed by atoms with Crippen molar-refractivity contribution in [3.63, 3.8) is 0 Å². The molecule has 1 saturated heterocycles. The van der Waals surface area contributed by atoms with Crippen molar-refractivity contribution >= 4 is 46.3 Å². The molecule has 12 nitrogen and oxygen atoms in total. The number of halogens is 4. The fourth-order valence-corrected chi connectivity index (χ4v) is 4.37. The maximum atomic E-state index is 13.1. The Morgan fingerprint density at radius 1 is 1.34 bits per heavy atom. The Balaban J connectivity index is 0.000000426. The first-order valence-corrected chi connectivity index (χ1v) is 11.5. The number of aromatic nitrogens is 5. The molecule has 5 N–H and O–H groups in total. The van der Waals surface area contributed by atoms with Crippen molar-refractivity contribution in [2.45, 2.75) is 31.7 Å². The molecule has 202 valence electrons. The largest absolute Gasteiger partial charge is 0.490 e. The Hall–Kier alpha value is -4.11. The fraction of sp³-hybridized carbons (Fsp3) is 0.318. The van der Waals surface area contributed by atoms with Crippen molar-refractivity contribution in [2.24, 2.45) is 0 Å². The van der Waals surface area contributed by atoms with Gasteiger partial charge in [0.25, 0.3) is 5.91 Å². The predicted molar refractivity (Wildman–Crippen MR) is 130 cm³/mol. The minimum absolute atomic E-state index is 0.106. The van der Waals surface area contributed by atoms with Crippen molar-refractivity contribution < 1.29 is 33.0 Å². The number of carboxylic acid groups (broad SMARTS) is 1. The first kappa shape index (κ1) is 26.9. The van der Waals surface area contributed by atoms with Crippen LogP contribution in [0.3, 0.4) is 0 Å². The van der Waals surface area contributed by atoms with Crippen LogP contribution < -0.4 is 16.0 Å². The number of alkyl halides is 3. The van der Waals surface area contributed by atoms with E-state index in [1.165, 1.54) is 4.52 Å². The van der Waals surface area contributed by atoms with Gasteiger partial charge in [0.05, 0.1) is 28.9 Å². The molecular weight excluding hydrogens is 533 g/mol. The number of aliphatic hydroxyl groups is 1. The van der Waals surface area contributed by atoms with Crippen molar-refractivity contribution in [1.29, 1.82) is 0 Å². The molecule has 5 heterocycles. The quantitative estimate of drug-likeness (QED) is 0.296. The number of amides is 1. The van der Waals surface area contributed by atoms with E-state index in [0.717, 1.165) is 16.9 Å². The highest BCUT2D eigenvalue weighted by Crippen LogP contribution is 2.34. The molecule has 0 bridgehead atoms. The molecular formula is C22H22ClF3N8O4. The Bertz CT molecular complexity index is 1510. The van der Waals surface area contributed by atoms with E-state index >= 15 is 0 Å². The number of rotatable bonds is 4. The van der Waals surface area contributed by atoms with Gasteiger partial charge < -0.3 is 26.2 Å². The summed E-state index contributed by atoms with van der Waals surface area (Å²) >= 11 is 6.51. The number of anilines is 2. The smallest absolute Gasteiger partial charge is 0.475 e. The number of nitrogen functional groups attached to an aromatic ring is 1. The summed E-state index contributed by atoms with van der Waals surface area (Å²) in [5.74, 6) is -2.19. The van der Waals surface area contributed by atoms with Crippen LogP contribution in [0, 0.1) is 0 Å². The summed E-state index contributed by atoms with van der Waals surface area (Å²) in [6.07, 6.45) is 1.83. The highest BCUT2D eigenvalue weighted by atomic mass is 35.5. The Kier molecular flexibility index (Phi) is 7.33. The number of nitrogens with one attached hydrogen (secondary N) is 1. The number of hydrogen-bond acceptors (Lipinski definition) is 8. The van der Waals surface area contributed by atoms with Crippen molar-refractivity contribution in [3.8, 4) is 0 Å².